The number of amides is 1. The summed E-state index contributed by atoms with van der Waals surface area (Å²) in [6.45, 7) is 3.79. The van der Waals surface area contributed by atoms with Crippen molar-refractivity contribution in [1.82, 2.24) is 19.0 Å². The van der Waals surface area contributed by atoms with Gasteiger partial charge < -0.3 is 14.7 Å². The van der Waals surface area contributed by atoms with E-state index in [9.17, 15) is 14.7 Å². The number of aromatic nitrogens is 3. The van der Waals surface area contributed by atoms with Gasteiger partial charge in [0.2, 0.25) is 5.91 Å². The molecular weight excluding hydrogens is 456 g/mol. The van der Waals surface area contributed by atoms with Gasteiger partial charge in [0.25, 0.3) is 5.56 Å². The number of aliphatic hydroxyl groups is 1. The molecule has 1 amide bonds. The molecule has 8 nitrogen and oxygen atoms in total. The van der Waals surface area contributed by atoms with Crippen LogP contribution in [0.15, 0.2) is 35.4 Å². The van der Waals surface area contributed by atoms with Crippen molar-refractivity contribution in [3.05, 3.63) is 51.7 Å². The molecule has 0 atom stereocenters. The van der Waals surface area contributed by atoms with Crippen molar-refractivity contribution >= 4 is 28.5 Å². The average Bonchev–Trinajstić information content (AvgIpc) is 3.25. The van der Waals surface area contributed by atoms with Gasteiger partial charge in [0, 0.05) is 31.0 Å². The Kier molecular flexibility index (Phi) is 4.83. The molecule has 0 unspecified atom stereocenters. The molecule has 1 aromatic carbocycles. The van der Waals surface area contributed by atoms with Gasteiger partial charge in [-0.25, -0.2) is 4.98 Å². The highest BCUT2D eigenvalue weighted by molar-refractivity contribution is 6.31. The highest BCUT2D eigenvalue weighted by Crippen LogP contribution is 2.47. The van der Waals surface area contributed by atoms with Gasteiger partial charge in [-0.15, -0.1) is 0 Å². The van der Waals surface area contributed by atoms with E-state index in [1.54, 1.807) is 10.6 Å². The van der Waals surface area contributed by atoms with Gasteiger partial charge in [-0.1, -0.05) is 24.6 Å². The highest BCUT2D eigenvalue weighted by atomic mass is 35.5. The van der Waals surface area contributed by atoms with Gasteiger partial charge in [-0.2, -0.15) is 0 Å². The zero-order valence-corrected chi connectivity index (χ0v) is 19.8. The van der Waals surface area contributed by atoms with Crippen LogP contribution in [0.2, 0.25) is 5.15 Å². The van der Waals surface area contributed by atoms with Gasteiger partial charge >= 0.3 is 0 Å². The number of halogens is 1. The monoisotopic (exact) mass is 482 g/mol. The van der Waals surface area contributed by atoms with Crippen molar-refractivity contribution in [3.63, 3.8) is 0 Å². The maximum Gasteiger partial charge on any atom is 0.262 e. The Bertz CT molecular complexity index is 1370. The molecule has 1 N–H and O–H groups in total. The summed E-state index contributed by atoms with van der Waals surface area (Å²) in [5, 5.41) is 12.0. The molecule has 2 aliphatic heterocycles. The van der Waals surface area contributed by atoms with Crippen LogP contribution in [-0.4, -0.2) is 55.3 Å². The molecule has 6 rings (SSSR count). The Morgan fingerprint density at radius 3 is 2.71 bits per heavy atom. The molecule has 1 saturated heterocycles. The van der Waals surface area contributed by atoms with Gasteiger partial charge in [-0.3, -0.25) is 18.7 Å². The number of benzene rings is 1. The highest BCUT2D eigenvalue weighted by Gasteiger charge is 2.48. The van der Waals surface area contributed by atoms with Crippen molar-refractivity contribution in [2.45, 2.75) is 51.2 Å². The Labute approximate surface area is 201 Å². The number of nitrogens with zero attached hydrogens (tertiary/aromatic N) is 4. The standard InChI is InChI=1S/C25H27ClN4O4/c1-24(5-6-24)23(32)28-9-7-25(33,8-10-28)14-29-15-27-21-18(22(29)31)13-20(26)30(21)17-3-2-16-4-11-34-19(16)12-17/h2-3,12-13,15,33H,4-11,14H2,1H3. The topological polar surface area (TPSA) is 89.6 Å². The van der Waals surface area contributed by atoms with Crippen molar-refractivity contribution < 1.29 is 14.6 Å². The van der Waals surface area contributed by atoms with Crippen LogP contribution in [0, 0.1) is 5.41 Å². The van der Waals surface area contributed by atoms with Crippen molar-refractivity contribution in [1.29, 1.82) is 0 Å². The van der Waals surface area contributed by atoms with Crippen LogP contribution in [-0.2, 0) is 17.8 Å². The zero-order chi connectivity index (χ0) is 23.7. The molecule has 4 heterocycles. The Balaban J connectivity index is 1.26. The van der Waals surface area contributed by atoms with Crippen LogP contribution < -0.4 is 10.3 Å². The largest absolute Gasteiger partial charge is 0.493 e. The minimum Gasteiger partial charge on any atom is -0.493 e. The lowest BCUT2D eigenvalue weighted by Gasteiger charge is -2.39. The Morgan fingerprint density at radius 2 is 1.97 bits per heavy atom. The molecule has 0 spiro atoms. The van der Waals surface area contributed by atoms with Crippen LogP contribution in [0.1, 0.15) is 38.2 Å². The lowest BCUT2D eigenvalue weighted by molar-refractivity contribution is -0.141. The molecule has 0 radical (unpaired) electrons. The third kappa shape index (κ3) is 3.51. The van der Waals surface area contributed by atoms with E-state index < -0.39 is 5.60 Å². The van der Waals surface area contributed by atoms with Crippen molar-refractivity contribution in [3.8, 4) is 11.4 Å². The number of likely N-dealkylation sites (tertiary alicyclic amines) is 1. The van der Waals surface area contributed by atoms with Crippen molar-refractivity contribution in [2.75, 3.05) is 19.7 Å². The van der Waals surface area contributed by atoms with Crippen LogP contribution in [0.4, 0.5) is 0 Å². The summed E-state index contributed by atoms with van der Waals surface area (Å²) in [6, 6.07) is 7.50. The number of rotatable bonds is 4. The normalized spacial score (nSPS) is 20.3. The van der Waals surface area contributed by atoms with Gasteiger partial charge in [0.15, 0.2) is 5.65 Å². The molecule has 1 aliphatic carbocycles. The smallest absolute Gasteiger partial charge is 0.262 e. The maximum atomic E-state index is 13.3. The van der Waals surface area contributed by atoms with E-state index in [1.807, 2.05) is 30.0 Å². The lowest BCUT2D eigenvalue weighted by Crippen LogP contribution is -2.51. The van der Waals surface area contributed by atoms with Crippen LogP contribution >= 0.6 is 11.6 Å². The van der Waals surface area contributed by atoms with Gasteiger partial charge in [0.05, 0.1) is 29.8 Å². The zero-order valence-electron chi connectivity index (χ0n) is 19.1. The lowest BCUT2D eigenvalue weighted by atomic mass is 9.90. The van der Waals surface area contributed by atoms with E-state index in [2.05, 4.69) is 4.98 Å². The van der Waals surface area contributed by atoms with Gasteiger partial charge in [-0.05, 0) is 43.4 Å². The number of carbonyl (C=O) groups is 1. The molecule has 1 saturated carbocycles. The quantitative estimate of drug-likeness (QED) is 0.617. The third-order valence-electron chi connectivity index (χ3n) is 7.64. The fourth-order valence-corrected chi connectivity index (χ4v) is 5.41. The first-order valence-corrected chi connectivity index (χ1v) is 12.2. The van der Waals surface area contributed by atoms with Crippen LogP contribution in [0.25, 0.3) is 16.7 Å². The molecule has 0 bridgehead atoms. The molecule has 3 aromatic rings. The van der Waals surface area contributed by atoms with E-state index in [4.69, 9.17) is 16.3 Å². The molecule has 34 heavy (non-hydrogen) atoms. The second-order valence-corrected chi connectivity index (χ2v) is 10.6. The van der Waals surface area contributed by atoms with E-state index in [1.165, 1.54) is 10.9 Å². The number of hydrogen-bond acceptors (Lipinski definition) is 5. The number of carbonyl (C=O) groups excluding carboxylic acids is 1. The van der Waals surface area contributed by atoms with E-state index in [-0.39, 0.29) is 23.4 Å². The molecule has 178 valence electrons. The first-order valence-electron chi connectivity index (χ1n) is 11.8. The fourth-order valence-electron chi connectivity index (χ4n) is 5.12. The summed E-state index contributed by atoms with van der Waals surface area (Å²) in [7, 11) is 0. The molecule has 9 heteroatoms. The molecular formula is C25H27ClN4O4. The number of fused-ring (bicyclic) bond motifs is 2. The van der Waals surface area contributed by atoms with Crippen LogP contribution in [0.5, 0.6) is 5.75 Å². The average molecular weight is 483 g/mol. The minimum absolute atomic E-state index is 0.129. The molecule has 3 aliphatic rings. The SMILES string of the molecule is CC1(C(=O)N2CCC(O)(Cn3cnc4c(cc(Cl)n4-c4ccc5c(c4)OCC5)c3=O)CC2)CC1. The van der Waals surface area contributed by atoms with E-state index in [0.29, 0.717) is 48.7 Å². The predicted molar refractivity (Wildman–Crippen MR) is 128 cm³/mol. The summed E-state index contributed by atoms with van der Waals surface area (Å²) in [4.78, 5) is 32.3. The number of ether oxygens (including phenoxy) is 1. The van der Waals surface area contributed by atoms with Crippen LogP contribution in [0.3, 0.4) is 0 Å². The first-order chi connectivity index (χ1) is 16.3. The summed E-state index contributed by atoms with van der Waals surface area (Å²) >= 11 is 6.53. The van der Waals surface area contributed by atoms with Gasteiger partial charge in [0.1, 0.15) is 17.2 Å². The summed E-state index contributed by atoms with van der Waals surface area (Å²) in [5.74, 6) is 1.01. The third-order valence-corrected chi connectivity index (χ3v) is 7.92. The first kappa shape index (κ1) is 21.7. The number of hydrogen-bond donors (Lipinski definition) is 1. The maximum absolute atomic E-state index is 13.3. The second-order valence-electron chi connectivity index (χ2n) is 10.2. The van der Waals surface area contributed by atoms with E-state index >= 15 is 0 Å². The summed E-state index contributed by atoms with van der Waals surface area (Å²) in [5.41, 5.74) is 0.877. The fraction of sp³-hybridized carbons (Fsp3) is 0.480. The predicted octanol–water partition coefficient (Wildman–Crippen LogP) is 2.93. The minimum atomic E-state index is -1.07. The number of piperidine rings is 1. The van der Waals surface area contributed by atoms with Crippen molar-refractivity contribution in [2.24, 2.45) is 5.41 Å². The second kappa shape index (κ2) is 7.58. The molecule has 2 fully saturated rings. The molecule has 2 aromatic heterocycles. The van der Waals surface area contributed by atoms with E-state index in [0.717, 1.165) is 36.3 Å². The Hall–Kier alpha value is -2.84. The Morgan fingerprint density at radius 1 is 1.21 bits per heavy atom. The summed E-state index contributed by atoms with van der Waals surface area (Å²) < 4.78 is 8.87. The summed E-state index contributed by atoms with van der Waals surface area (Å²) in [6.07, 6.45) is 5.09.